The summed E-state index contributed by atoms with van der Waals surface area (Å²) in [6.45, 7) is 2.07. The molecule has 0 radical (unpaired) electrons. The Hall–Kier alpha value is -1.75. The zero-order chi connectivity index (χ0) is 16.5. The molecule has 3 fully saturated rings. The van der Waals surface area contributed by atoms with Gasteiger partial charge in [-0.25, -0.2) is 4.79 Å². The van der Waals surface area contributed by atoms with Gasteiger partial charge in [0.1, 0.15) is 0 Å². The number of anilines is 1. The Morgan fingerprint density at radius 3 is 2.17 bits per heavy atom. The summed E-state index contributed by atoms with van der Waals surface area (Å²) in [6.07, 6.45) is 5.69. The van der Waals surface area contributed by atoms with Gasteiger partial charge in [-0.15, -0.1) is 0 Å². The second-order valence-corrected chi connectivity index (χ2v) is 7.33. The van der Waals surface area contributed by atoms with E-state index in [0.29, 0.717) is 6.10 Å². The van der Waals surface area contributed by atoms with Gasteiger partial charge < -0.3 is 19.6 Å². The molecule has 3 atom stereocenters. The van der Waals surface area contributed by atoms with Gasteiger partial charge >= 0.3 is 6.09 Å². The molecule has 24 heavy (non-hydrogen) atoms. The highest BCUT2D eigenvalue weighted by atomic mass is 16.5. The maximum absolute atomic E-state index is 11.4. The average molecular weight is 330 g/mol. The third-order valence-corrected chi connectivity index (χ3v) is 5.86. The van der Waals surface area contributed by atoms with Gasteiger partial charge in [-0.05, 0) is 50.7 Å². The molecule has 3 saturated heterocycles. The second-order valence-electron chi connectivity index (χ2n) is 7.33. The SMILES string of the molecule is O=C(O)N1[C@@H]2CC[C@H]1C[C@@H](OC1CCN(c3ccccc3)CC1)C2. The summed E-state index contributed by atoms with van der Waals surface area (Å²) in [7, 11) is 0. The molecule has 3 aliphatic heterocycles. The van der Waals surface area contributed by atoms with Crippen molar-refractivity contribution in [2.75, 3.05) is 18.0 Å². The van der Waals surface area contributed by atoms with Crippen LogP contribution in [0.4, 0.5) is 10.5 Å². The first-order valence-electron chi connectivity index (χ1n) is 9.17. The maximum atomic E-state index is 11.4. The molecule has 0 saturated carbocycles. The van der Waals surface area contributed by atoms with Gasteiger partial charge in [0.05, 0.1) is 12.2 Å². The highest BCUT2D eigenvalue weighted by Gasteiger charge is 2.44. The van der Waals surface area contributed by atoms with Crippen LogP contribution in [0, 0.1) is 0 Å². The van der Waals surface area contributed by atoms with E-state index in [1.54, 1.807) is 4.90 Å². The minimum atomic E-state index is -0.753. The minimum Gasteiger partial charge on any atom is -0.465 e. The van der Waals surface area contributed by atoms with Crippen LogP contribution in [-0.2, 0) is 4.74 Å². The molecule has 0 aromatic heterocycles. The summed E-state index contributed by atoms with van der Waals surface area (Å²) in [5.74, 6) is 0. The summed E-state index contributed by atoms with van der Waals surface area (Å²) in [5.41, 5.74) is 1.30. The standard InChI is InChI=1S/C19H26N2O3/c22-19(23)21-15-6-7-16(21)13-18(12-15)24-17-8-10-20(11-9-17)14-4-2-1-3-5-14/h1-5,15-18H,6-13H2,(H,22,23)/t15-,16+,18+. The van der Waals surface area contributed by atoms with Crippen molar-refractivity contribution < 1.29 is 14.6 Å². The molecule has 1 aromatic rings. The molecule has 4 rings (SSSR count). The smallest absolute Gasteiger partial charge is 0.407 e. The normalized spacial score (nSPS) is 30.6. The lowest BCUT2D eigenvalue weighted by atomic mass is 9.99. The van der Waals surface area contributed by atoms with Gasteiger partial charge in [0, 0.05) is 30.9 Å². The number of ether oxygens (including phenoxy) is 1. The Morgan fingerprint density at radius 2 is 1.58 bits per heavy atom. The number of carboxylic acid groups (broad SMARTS) is 1. The number of hydrogen-bond donors (Lipinski definition) is 1. The molecule has 1 amide bonds. The van der Waals surface area contributed by atoms with Crippen molar-refractivity contribution in [3.8, 4) is 0 Å². The van der Waals surface area contributed by atoms with E-state index < -0.39 is 6.09 Å². The van der Waals surface area contributed by atoms with Crippen molar-refractivity contribution in [1.29, 1.82) is 0 Å². The molecule has 3 aliphatic rings. The van der Waals surface area contributed by atoms with Crippen LogP contribution in [0.3, 0.4) is 0 Å². The van der Waals surface area contributed by atoms with E-state index >= 15 is 0 Å². The molecule has 0 spiro atoms. The lowest BCUT2D eigenvalue weighted by molar-refractivity contribution is -0.0632. The van der Waals surface area contributed by atoms with Crippen LogP contribution in [0.15, 0.2) is 30.3 Å². The molecular weight excluding hydrogens is 304 g/mol. The van der Waals surface area contributed by atoms with E-state index in [4.69, 9.17) is 4.74 Å². The van der Waals surface area contributed by atoms with E-state index in [1.807, 2.05) is 0 Å². The molecule has 5 heteroatoms. The van der Waals surface area contributed by atoms with Gasteiger partial charge in [-0.1, -0.05) is 18.2 Å². The summed E-state index contributed by atoms with van der Waals surface area (Å²) in [6, 6.07) is 10.9. The van der Waals surface area contributed by atoms with Crippen LogP contribution in [0.1, 0.15) is 38.5 Å². The molecule has 130 valence electrons. The zero-order valence-electron chi connectivity index (χ0n) is 14.0. The van der Waals surface area contributed by atoms with E-state index in [0.717, 1.165) is 51.6 Å². The number of amides is 1. The molecule has 1 N–H and O–H groups in total. The zero-order valence-corrected chi connectivity index (χ0v) is 14.0. The van der Waals surface area contributed by atoms with Crippen molar-refractivity contribution in [2.24, 2.45) is 0 Å². The molecule has 0 unspecified atom stereocenters. The molecular formula is C19H26N2O3. The van der Waals surface area contributed by atoms with Gasteiger partial charge in [0.15, 0.2) is 0 Å². The van der Waals surface area contributed by atoms with Gasteiger partial charge in [-0.3, -0.25) is 0 Å². The summed E-state index contributed by atoms with van der Waals surface area (Å²) < 4.78 is 6.38. The van der Waals surface area contributed by atoms with Crippen molar-refractivity contribution >= 4 is 11.8 Å². The first-order valence-corrected chi connectivity index (χ1v) is 9.17. The van der Waals surface area contributed by atoms with Crippen molar-refractivity contribution in [1.82, 2.24) is 4.90 Å². The average Bonchev–Trinajstić information content (AvgIpc) is 2.88. The monoisotopic (exact) mass is 330 g/mol. The lowest BCUT2D eigenvalue weighted by Crippen LogP contribution is -2.49. The van der Waals surface area contributed by atoms with Gasteiger partial charge in [0.25, 0.3) is 0 Å². The topological polar surface area (TPSA) is 53.0 Å². The minimum absolute atomic E-state index is 0.177. The number of fused-ring (bicyclic) bond motifs is 2. The predicted octanol–water partition coefficient (Wildman–Crippen LogP) is 3.35. The van der Waals surface area contributed by atoms with Crippen LogP contribution in [0.2, 0.25) is 0 Å². The number of carbonyl (C=O) groups is 1. The Bertz CT molecular complexity index is 557. The summed E-state index contributed by atoms with van der Waals surface area (Å²) >= 11 is 0. The largest absolute Gasteiger partial charge is 0.465 e. The first-order chi connectivity index (χ1) is 11.7. The fourth-order valence-electron chi connectivity index (χ4n) is 4.71. The van der Waals surface area contributed by atoms with Crippen molar-refractivity contribution in [2.45, 2.75) is 62.8 Å². The van der Waals surface area contributed by atoms with E-state index in [1.165, 1.54) is 5.69 Å². The third-order valence-electron chi connectivity index (χ3n) is 5.86. The van der Waals surface area contributed by atoms with Gasteiger partial charge in [-0.2, -0.15) is 0 Å². The maximum Gasteiger partial charge on any atom is 0.407 e. The van der Waals surface area contributed by atoms with Crippen LogP contribution in [0.25, 0.3) is 0 Å². The Kier molecular flexibility index (Phi) is 4.35. The van der Waals surface area contributed by atoms with Crippen LogP contribution >= 0.6 is 0 Å². The highest BCUT2D eigenvalue weighted by Crippen LogP contribution is 2.37. The van der Waals surface area contributed by atoms with Crippen molar-refractivity contribution in [3.05, 3.63) is 30.3 Å². The Balaban J connectivity index is 1.29. The number of para-hydroxylation sites is 1. The fourth-order valence-corrected chi connectivity index (χ4v) is 4.71. The summed E-state index contributed by atoms with van der Waals surface area (Å²) in [5, 5.41) is 9.34. The predicted molar refractivity (Wildman–Crippen MR) is 92.5 cm³/mol. The van der Waals surface area contributed by atoms with Gasteiger partial charge in [0.2, 0.25) is 0 Å². The number of hydrogen-bond acceptors (Lipinski definition) is 3. The third kappa shape index (κ3) is 3.09. The van der Waals surface area contributed by atoms with E-state index in [2.05, 4.69) is 35.2 Å². The molecule has 3 heterocycles. The van der Waals surface area contributed by atoms with Crippen LogP contribution in [-0.4, -0.2) is 53.5 Å². The van der Waals surface area contributed by atoms with E-state index in [9.17, 15) is 9.90 Å². The summed E-state index contributed by atoms with van der Waals surface area (Å²) in [4.78, 5) is 15.5. The van der Waals surface area contributed by atoms with Crippen LogP contribution < -0.4 is 4.90 Å². The van der Waals surface area contributed by atoms with Crippen molar-refractivity contribution in [3.63, 3.8) is 0 Å². The first kappa shape index (κ1) is 15.8. The number of benzene rings is 1. The highest BCUT2D eigenvalue weighted by molar-refractivity contribution is 5.66. The fraction of sp³-hybridized carbons (Fsp3) is 0.632. The quantitative estimate of drug-likeness (QED) is 0.923. The number of nitrogens with zero attached hydrogens (tertiary/aromatic N) is 2. The molecule has 2 bridgehead atoms. The molecule has 5 nitrogen and oxygen atoms in total. The number of piperidine rings is 2. The molecule has 1 aromatic carbocycles. The van der Waals surface area contributed by atoms with E-state index in [-0.39, 0.29) is 18.2 Å². The Morgan fingerprint density at radius 1 is 0.958 bits per heavy atom. The lowest BCUT2D eigenvalue weighted by Gasteiger charge is -2.40. The Labute approximate surface area is 143 Å². The molecule has 0 aliphatic carbocycles. The van der Waals surface area contributed by atoms with Crippen LogP contribution in [0.5, 0.6) is 0 Å². The number of rotatable bonds is 3. The second kappa shape index (κ2) is 6.63.